The van der Waals surface area contributed by atoms with Crippen molar-refractivity contribution in [3.05, 3.63) is 35.4 Å². The van der Waals surface area contributed by atoms with E-state index in [0.717, 1.165) is 4.90 Å². The number of hydrogen-bond donors (Lipinski definition) is 0. The Labute approximate surface area is 107 Å². The summed E-state index contributed by atoms with van der Waals surface area (Å²) < 4.78 is 0. The van der Waals surface area contributed by atoms with Crippen LogP contribution in [0.15, 0.2) is 24.3 Å². The van der Waals surface area contributed by atoms with E-state index in [9.17, 15) is 14.4 Å². The zero-order valence-electron chi connectivity index (χ0n) is 9.14. The number of benzene rings is 1. The van der Waals surface area contributed by atoms with Gasteiger partial charge in [0, 0.05) is 6.42 Å². The van der Waals surface area contributed by atoms with Gasteiger partial charge in [0.15, 0.2) is 0 Å². The molecule has 1 aliphatic rings. The molecule has 1 unspecified atom stereocenters. The number of rotatable bonds is 3. The van der Waals surface area contributed by atoms with Crippen molar-refractivity contribution in [3.8, 4) is 0 Å². The summed E-state index contributed by atoms with van der Waals surface area (Å²) >= 11 is 3.21. The Hall–Kier alpha value is -1.49. The Morgan fingerprint density at radius 1 is 1.24 bits per heavy atom. The van der Waals surface area contributed by atoms with Gasteiger partial charge in [-0.2, -0.15) is 0 Å². The Morgan fingerprint density at radius 3 is 2.12 bits per heavy atom. The molecule has 0 aliphatic carbocycles. The third kappa shape index (κ3) is 2.02. The van der Waals surface area contributed by atoms with Gasteiger partial charge in [-0.05, 0) is 19.1 Å². The summed E-state index contributed by atoms with van der Waals surface area (Å²) in [4.78, 5) is 35.5. The summed E-state index contributed by atoms with van der Waals surface area (Å²) in [6.07, 6.45) is 0.117. The smallest absolute Gasteiger partial charge is 0.262 e. The molecular formula is C12H10BrNO3. The lowest BCUT2D eigenvalue weighted by Gasteiger charge is -2.19. The minimum Gasteiger partial charge on any atom is -0.300 e. The summed E-state index contributed by atoms with van der Waals surface area (Å²) in [6.45, 7) is 1.42. The lowest BCUT2D eigenvalue weighted by Crippen LogP contribution is -2.37. The van der Waals surface area contributed by atoms with Crippen molar-refractivity contribution < 1.29 is 14.4 Å². The van der Waals surface area contributed by atoms with Crippen molar-refractivity contribution in [2.45, 2.75) is 18.3 Å². The van der Waals surface area contributed by atoms with Crippen LogP contribution < -0.4 is 0 Å². The first kappa shape index (κ1) is 12.0. The van der Waals surface area contributed by atoms with Gasteiger partial charge in [0.25, 0.3) is 11.8 Å². The molecule has 0 aromatic heterocycles. The summed E-state index contributed by atoms with van der Waals surface area (Å²) in [6, 6.07) is 6.65. The molecule has 0 saturated heterocycles. The maximum Gasteiger partial charge on any atom is 0.262 e. The van der Waals surface area contributed by atoms with E-state index in [4.69, 9.17) is 0 Å². The quantitative estimate of drug-likeness (QED) is 0.487. The van der Waals surface area contributed by atoms with Crippen molar-refractivity contribution in [2.75, 3.05) is 0 Å². The molecule has 0 spiro atoms. The van der Waals surface area contributed by atoms with E-state index in [0.29, 0.717) is 11.1 Å². The van der Waals surface area contributed by atoms with Crippen LogP contribution in [0, 0.1) is 0 Å². The van der Waals surface area contributed by atoms with E-state index in [-0.39, 0.29) is 24.0 Å². The Balaban J connectivity index is 2.33. The monoisotopic (exact) mass is 295 g/mol. The van der Waals surface area contributed by atoms with Gasteiger partial charge in [0.05, 0.1) is 11.1 Å². The molecule has 88 valence electrons. The van der Waals surface area contributed by atoms with Gasteiger partial charge in [-0.1, -0.05) is 28.1 Å². The Bertz CT molecular complexity index is 477. The van der Waals surface area contributed by atoms with Gasteiger partial charge in [0.1, 0.15) is 10.7 Å². The average molecular weight is 296 g/mol. The Morgan fingerprint density at radius 2 is 1.71 bits per heavy atom. The highest BCUT2D eigenvalue weighted by atomic mass is 79.9. The minimum absolute atomic E-state index is 0.0802. The number of imide groups is 1. The van der Waals surface area contributed by atoms with E-state index < -0.39 is 4.95 Å². The molecule has 1 heterocycles. The second-order valence-electron chi connectivity index (χ2n) is 3.87. The standard InChI is InChI=1S/C12H10BrNO3/c1-7(15)6-10(13)14-11(16)8-4-2-3-5-9(8)12(14)17/h2-5,10H,6H2,1H3. The van der Waals surface area contributed by atoms with Crippen LogP contribution in [0.2, 0.25) is 0 Å². The number of hydrogen-bond acceptors (Lipinski definition) is 3. The highest BCUT2D eigenvalue weighted by molar-refractivity contribution is 9.09. The molecular weight excluding hydrogens is 286 g/mol. The lowest BCUT2D eigenvalue weighted by molar-refractivity contribution is -0.117. The molecule has 0 saturated carbocycles. The fourth-order valence-corrected chi connectivity index (χ4v) is 2.62. The molecule has 4 nitrogen and oxygen atoms in total. The highest BCUT2D eigenvalue weighted by Gasteiger charge is 2.38. The van der Waals surface area contributed by atoms with Crippen LogP contribution in [-0.2, 0) is 4.79 Å². The third-order valence-electron chi connectivity index (χ3n) is 2.56. The van der Waals surface area contributed by atoms with Crippen LogP contribution in [0.25, 0.3) is 0 Å². The zero-order chi connectivity index (χ0) is 12.6. The van der Waals surface area contributed by atoms with Crippen LogP contribution in [-0.4, -0.2) is 27.4 Å². The van der Waals surface area contributed by atoms with Crippen LogP contribution in [0.1, 0.15) is 34.1 Å². The van der Waals surface area contributed by atoms with Gasteiger partial charge in [-0.3, -0.25) is 19.3 Å². The van der Waals surface area contributed by atoms with Crippen LogP contribution in [0.5, 0.6) is 0 Å². The summed E-state index contributed by atoms with van der Waals surface area (Å²) in [7, 11) is 0. The van der Waals surface area contributed by atoms with Crippen molar-refractivity contribution in [1.82, 2.24) is 4.90 Å². The minimum atomic E-state index is -0.576. The van der Waals surface area contributed by atoms with E-state index in [1.54, 1.807) is 24.3 Å². The number of carbonyl (C=O) groups excluding carboxylic acids is 3. The fourth-order valence-electron chi connectivity index (χ4n) is 1.79. The number of fused-ring (bicyclic) bond motifs is 1. The van der Waals surface area contributed by atoms with Crippen molar-refractivity contribution >= 4 is 33.5 Å². The highest BCUT2D eigenvalue weighted by Crippen LogP contribution is 2.27. The number of ketones is 1. The number of nitrogens with zero attached hydrogens (tertiary/aromatic N) is 1. The normalized spacial score (nSPS) is 16.0. The molecule has 1 aliphatic heterocycles. The van der Waals surface area contributed by atoms with Crippen molar-refractivity contribution in [2.24, 2.45) is 0 Å². The molecule has 0 N–H and O–H groups in total. The van der Waals surface area contributed by atoms with Crippen molar-refractivity contribution in [3.63, 3.8) is 0 Å². The van der Waals surface area contributed by atoms with Gasteiger partial charge < -0.3 is 0 Å². The fraction of sp³-hybridized carbons (Fsp3) is 0.250. The molecule has 5 heteroatoms. The molecule has 1 aromatic rings. The molecule has 2 amide bonds. The predicted molar refractivity (Wildman–Crippen MR) is 65.0 cm³/mol. The second kappa shape index (κ2) is 4.41. The Kier molecular flexibility index (Phi) is 3.11. The van der Waals surface area contributed by atoms with Gasteiger partial charge in [-0.15, -0.1) is 0 Å². The topological polar surface area (TPSA) is 54.5 Å². The maximum absolute atomic E-state index is 12.0. The van der Waals surface area contributed by atoms with Crippen LogP contribution in [0.3, 0.4) is 0 Å². The maximum atomic E-state index is 12.0. The number of carbonyl (C=O) groups is 3. The summed E-state index contributed by atoms with van der Waals surface area (Å²) in [5.41, 5.74) is 0.788. The van der Waals surface area contributed by atoms with Crippen molar-refractivity contribution in [1.29, 1.82) is 0 Å². The summed E-state index contributed by atoms with van der Waals surface area (Å²) in [5.74, 6) is -0.786. The van der Waals surface area contributed by atoms with E-state index in [1.165, 1.54) is 6.92 Å². The molecule has 2 rings (SSSR count). The second-order valence-corrected chi connectivity index (χ2v) is 4.92. The molecule has 0 bridgehead atoms. The molecule has 1 aromatic carbocycles. The largest absolute Gasteiger partial charge is 0.300 e. The van der Waals surface area contributed by atoms with Gasteiger partial charge in [-0.25, -0.2) is 0 Å². The molecule has 1 atom stereocenters. The SMILES string of the molecule is CC(=O)CC(Br)N1C(=O)c2ccccc2C1=O. The summed E-state index contributed by atoms with van der Waals surface area (Å²) in [5, 5.41) is 0. The number of halogens is 1. The first-order valence-corrected chi connectivity index (χ1v) is 6.04. The molecule has 17 heavy (non-hydrogen) atoms. The van der Waals surface area contributed by atoms with E-state index in [2.05, 4.69) is 15.9 Å². The third-order valence-corrected chi connectivity index (χ3v) is 3.29. The average Bonchev–Trinajstić information content (AvgIpc) is 2.51. The first-order valence-electron chi connectivity index (χ1n) is 5.13. The first-order chi connectivity index (χ1) is 8.02. The number of amides is 2. The van der Waals surface area contributed by atoms with Crippen LogP contribution in [0.4, 0.5) is 0 Å². The molecule has 0 radical (unpaired) electrons. The van der Waals surface area contributed by atoms with Gasteiger partial charge >= 0.3 is 0 Å². The van der Waals surface area contributed by atoms with Crippen LogP contribution >= 0.6 is 15.9 Å². The predicted octanol–water partition coefficient (Wildman–Crippen LogP) is 1.98. The number of Topliss-reactive ketones (excluding diaryl/α,β-unsaturated/α-hetero) is 1. The lowest BCUT2D eigenvalue weighted by atomic mass is 10.1. The van der Waals surface area contributed by atoms with Gasteiger partial charge in [0.2, 0.25) is 0 Å². The van der Waals surface area contributed by atoms with E-state index >= 15 is 0 Å². The zero-order valence-corrected chi connectivity index (χ0v) is 10.7. The molecule has 0 fully saturated rings. The van der Waals surface area contributed by atoms with E-state index in [1.807, 2.05) is 0 Å². The number of alkyl halides is 1.